The van der Waals surface area contributed by atoms with Gasteiger partial charge in [-0.1, -0.05) is 12.1 Å². The van der Waals surface area contributed by atoms with Crippen LogP contribution in [0, 0.1) is 0 Å². The highest BCUT2D eigenvalue weighted by atomic mass is 16.5. The summed E-state index contributed by atoms with van der Waals surface area (Å²) in [7, 11) is 0. The van der Waals surface area contributed by atoms with Gasteiger partial charge in [0.1, 0.15) is 0 Å². The lowest BCUT2D eigenvalue weighted by Crippen LogP contribution is -2.33. The van der Waals surface area contributed by atoms with E-state index < -0.39 is 0 Å². The van der Waals surface area contributed by atoms with Crippen LogP contribution in [-0.2, 0) is 9.47 Å². The third-order valence-corrected chi connectivity index (χ3v) is 3.51. The van der Waals surface area contributed by atoms with Crippen molar-refractivity contribution in [2.24, 2.45) is 0 Å². The summed E-state index contributed by atoms with van der Waals surface area (Å²) >= 11 is 0. The molecule has 0 saturated carbocycles. The zero-order valence-corrected chi connectivity index (χ0v) is 10.5. The molecule has 2 atom stereocenters. The van der Waals surface area contributed by atoms with E-state index in [1.807, 2.05) is 0 Å². The van der Waals surface area contributed by atoms with E-state index in [-0.39, 0.29) is 6.10 Å². The second-order valence-corrected chi connectivity index (χ2v) is 4.89. The van der Waals surface area contributed by atoms with Crippen LogP contribution < -0.4 is 10.6 Å². The SMILES string of the molecule is c1cc([C@H]2CNCCO2)ccc1N[C@@H]1CCOC1. The third kappa shape index (κ3) is 2.83. The molecule has 0 aliphatic carbocycles. The number of nitrogens with one attached hydrogen (secondary N) is 2. The Morgan fingerprint density at radius 2 is 2.06 bits per heavy atom. The Bertz CT molecular complexity index is 368. The van der Waals surface area contributed by atoms with Crippen LogP contribution in [0.1, 0.15) is 18.1 Å². The summed E-state index contributed by atoms with van der Waals surface area (Å²) < 4.78 is 11.1. The largest absolute Gasteiger partial charge is 0.380 e. The van der Waals surface area contributed by atoms with Gasteiger partial charge in [-0.2, -0.15) is 0 Å². The molecule has 0 amide bonds. The number of anilines is 1. The first-order valence-corrected chi connectivity index (χ1v) is 6.68. The molecule has 98 valence electrons. The monoisotopic (exact) mass is 248 g/mol. The molecule has 2 heterocycles. The maximum Gasteiger partial charge on any atom is 0.0949 e. The molecule has 0 radical (unpaired) electrons. The summed E-state index contributed by atoms with van der Waals surface area (Å²) in [4.78, 5) is 0. The van der Waals surface area contributed by atoms with E-state index >= 15 is 0 Å². The smallest absolute Gasteiger partial charge is 0.0949 e. The molecular formula is C14H20N2O2. The van der Waals surface area contributed by atoms with Crippen LogP contribution >= 0.6 is 0 Å². The highest BCUT2D eigenvalue weighted by molar-refractivity contribution is 5.46. The summed E-state index contributed by atoms with van der Waals surface area (Å²) in [6.07, 6.45) is 1.29. The predicted molar refractivity (Wildman–Crippen MR) is 70.9 cm³/mol. The van der Waals surface area contributed by atoms with Gasteiger partial charge in [0.15, 0.2) is 0 Å². The van der Waals surface area contributed by atoms with Gasteiger partial charge < -0.3 is 20.1 Å². The Morgan fingerprint density at radius 3 is 2.72 bits per heavy atom. The maximum atomic E-state index is 5.73. The lowest BCUT2D eigenvalue weighted by atomic mass is 10.1. The van der Waals surface area contributed by atoms with Crippen LogP contribution in [0.2, 0.25) is 0 Å². The summed E-state index contributed by atoms with van der Waals surface area (Å²) in [5.74, 6) is 0. The number of morpholine rings is 1. The van der Waals surface area contributed by atoms with Gasteiger partial charge in [0.2, 0.25) is 0 Å². The van der Waals surface area contributed by atoms with Crippen molar-refractivity contribution in [3.63, 3.8) is 0 Å². The molecule has 4 nitrogen and oxygen atoms in total. The van der Waals surface area contributed by atoms with E-state index in [2.05, 4.69) is 34.9 Å². The Morgan fingerprint density at radius 1 is 1.17 bits per heavy atom. The van der Waals surface area contributed by atoms with E-state index in [1.165, 1.54) is 5.56 Å². The summed E-state index contributed by atoms with van der Waals surface area (Å²) in [6.45, 7) is 4.35. The van der Waals surface area contributed by atoms with Crippen LogP contribution in [0.3, 0.4) is 0 Å². The van der Waals surface area contributed by atoms with Crippen molar-refractivity contribution in [2.45, 2.75) is 18.6 Å². The van der Waals surface area contributed by atoms with Gasteiger partial charge in [-0.3, -0.25) is 0 Å². The summed E-state index contributed by atoms with van der Waals surface area (Å²) in [6, 6.07) is 9.02. The van der Waals surface area contributed by atoms with Crippen molar-refractivity contribution in [1.29, 1.82) is 0 Å². The Hall–Kier alpha value is -1.10. The van der Waals surface area contributed by atoms with Crippen molar-refractivity contribution < 1.29 is 9.47 Å². The minimum atomic E-state index is 0.197. The van der Waals surface area contributed by atoms with Gasteiger partial charge in [0.05, 0.1) is 25.4 Å². The Kier molecular flexibility index (Phi) is 3.78. The van der Waals surface area contributed by atoms with E-state index in [1.54, 1.807) is 0 Å². The summed E-state index contributed by atoms with van der Waals surface area (Å²) in [5, 5.41) is 6.84. The molecule has 3 rings (SSSR count). The number of hydrogen-bond donors (Lipinski definition) is 2. The van der Waals surface area contributed by atoms with Crippen LogP contribution in [-0.4, -0.2) is 39.0 Å². The number of hydrogen-bond acceptors (Lipinski definition) is 4. The van der Waals surface area contributed by atoms with Crippen LogP contribution in [0.4, 0.5) is 5.69 Å². The first-order valence-electron chi connectivity index (χ1n) is 6.68. The summed E-state index contributed by atoms with van der Waals surface area (Å²) in [5.41, 5.74) is 2.41. The van der Waals surface area contributed by atoms with Crippen LogP contribution in [0.5, 0.6) is 0 Å². The highest BCUT2D eigenvalue weighted by Gasteiger charge is 2.17. The molecule has 2 saturated heterocycles. The molecular weight excluding hydrogens is 228 g/mol. The fraction of sp³-hybridized carbons (Fsp3) is 0.571. The molecule has 1 aromatic rings. The van der Waals surface area contributed by atoms with Crippen molar-refractivity contribution >= 4 is 5.69 Å². The lowest BCUT2D eigenvalue weighted by Gasteiger charge is -2.24. The van der Waals surface area contributed by atoms with E-state index in [9.17, 15) is 0 Å². The molecule has 0 bridgehead atoms. The van der Waals surface area contributed by atoms with Crippen molar-refractivity contribution in [3.8, 4) is 0 Å². The molecule has 1 aromatic carbocycles. The number of benzene rings is 1. The standard InChI is InChI=1S/C14H20N2O2/c1-3-12(16-13-5-7-17-10-13)4-2-11(1)14-9-15-6-8-18-14/h1-4,13-16H,5-10H2/t13-,14-/m1/s1. The molecule has 2 fully saturated rings. The first kappa shape index (κ1) is 12.0. The zero-order valence-electron chi connectivity index (χ0n) is 10.5. The molecule has 2 N–H and O–H groups in total. The fourth-order valence-corrected chi connectivity index (χ4v) is 2.46. The van der Waals surface area contributed by atoms with E-state index in [0.29, 0.717) is 6.04 Å². The van der Waals surface area contributed by atoms with E-state index in [0.717, 1.165) is 45.0 Å². The van der Waals surface area contributed by atoms with Gasteiger partial charge >= 0.3 is 0 Å². The second-order valence-electron chi connectivity index (χ2n) is 4.89. The normalized spacial score (nSPS) is 28.2. The lowest BCUT2D eigenvalue weighted by molar-refractivity contribution is 0.0277. The van der Waals surface area contributed by atoms with Crippen molar-refractivity contribution in [3.05, 3.63) is 29.8 Å². The minimum Gasteiger partial charge on any atom is -0.380 e. The topological polar surface area (TPSA) is 42.5 Å². The molecule has 2 aliphatic heterocycles. The van der Waals surface area contributed by atoms with Crippen LogP contribution in [0.15, 0.2) is 24.3 Å². The van der Waals surface area contributed by atoms with Crippen LogP contribution in [0.25, 0.3) is 0 Å². The molecule has 0 unspecified atom stereocenters. The average molecular weight is 248 g/mol. The van der Waals surface area contributed by atoms with Crippen molar-refractivity contribution in [1.82, 2.24) is 5.32 Å². The molecule has 18 heavy (non-hydrogen) atoms. The van der Waals surface area contributed by atoms with Gasteiger partial charge in [0.25, 0.3) is 0 Å². The number of ether oxygens (including phenoxy) is 2. The highest BCUT2D eigenvalue weighted by Crippen LogP contribution is 2.21. The fourth-order valence-electron chi connectivity index (χ4n) is 2.46. The average Bonchev–Trinajstić information content (AvgIpc) is 2.94. The van der Waals surface area contributed by atoms with E-state index in [4.69, 9.17) is 9.47 Å². The molecule has 2 aliphatic rings. The van der Waals surface area contributed by atoms with Gasteiger partial charge in [-0.25, -0.2) is 0 Å². The quantitative estimate of drug-likeness (QED) is 0.851. The van der Waals surface area contributed by atoms with Gasteiger partial charge in [-0.15, -0.1) is 0 Å². The van der Waals surface area contributed by atoms with Crippen molar-refractivity contribution in [2.75, 3.05) is 38.2 Å². The second kappa shape index (κ2) is 5.69. The first-order chi connectivity index (χ1) is 8.92. The predicted octanol–water partition coefficient (Wildman–Crippen LogP) is 1.55. The molecule has 4 heteroatoms. The Labute approximate surface area is 108 Å². The van der Waals surface area contributed by atoms with Gasteiger partial charge in [-0.05, 0) is 24.1 Å². The number of rotatable bonds is 3. The molecule has 0 aromatic heterocycles. The van der Waals surface area contributed by atoms with Gasteiger partial charge in [0, 0.05) is 25.4 Å². The minimum absolute atomic E-state index is 0.197. The Balaban J connectivity index is 1.60. The molecule has 0 spiro atoms. The maximum absolute atomic E-state index is 5.73. The zero-order chi connectivity index (χ0) is 12.2. The third-order valence-electron chi connectivity index (χ3n) is 3.51.